The number of hydrogen-bond acceptors (Lipinski definition) is 4. The molecule has 0 saturated heterocycles. The number of carbonyl (C=O) groups excluding carboxylic acids is 1. The molecule has 0 bridgehead atoms. The summed E-state index contributed by atoms with van der Waals surface area (Å²) in [5.74, 6) is 0.739. The van der Waals surface area contributed by atoms with Gasteiger partial charge in [-0.25, -0.2) is 0 Å². The molecule has 6 heteroatoms. The topological polar surface area (TPSA) is 55.8 Å². The second-order valence-electron chi connectivity index (χ2n) is 5.47. The van der Waals surface area contributed by atoms with Crippen LogP contribution in [-0.2, 0) is 17.7 Å². The van der Waals surface area contributed by atoms with Gasteiger partial charge in [0.2, 0.25) is 0 Å². The zero-order valence-electron chi connectivity index (χ0n) is 12.7. The zero-order chi connectivity index (χ0) is 16.4. The molecule has 0 spiro atoms. The quantitative estimate of drug-likeness (QED) is 0.675. The van der Waals surface area contributed by atoms with Crippen molar-refractivity contribution in [2.24, 2.45) is 0 Å². The lowest BCUT2D eigenvalue weighted by atomic mass is 9.78. The van der Waals surface area contributed by atoms with Gasteiger partial charge in [-0.15, -0.1) is 0 Å². The number of ether oxygens (including phenoxy) is 1. The third-order valence-corrected chi connectivity index (χ3v) is 4.30. The lowest BCUT2D eigenvalue weighted by Crippen LogP contribution is -2.29. The molecule has 3 rings (SSSR count). The molecule has 2 aromatic rings. The highest BCUT2D eigenvalue weighted by atomic mass is 35.5. The van der Waals surface area contributed by atoms with Crippen LogP contribution in [0.15, 0.2) is 36.4 Å². The van der Waals surface area contributed by atoms with Crippen molar-refractivity contribution in [2.45, 2.75) is 19.4 Å². The van der Waals surface area contributed by atoms with Crippen molar-refractivity contribution in [3.63, 3.8) is 0 Å². The normalized spacial score (nSPS) is 13.1. The Balaban J connectivity index is 1.72. The summed E-state index contributed by atoms with van der Waals surface area (Å²) < 4.78 is 10.3. The van der Waals surface area contributed by atoms with E-state index in [1.807, 2.05) is 24.3 Å². The highest BCUT2D eigenvalue weighted by molar-refractivity contribution is 6.61. The largest absolute Gasteiger partial charge is 0.497 e. The van der Waals surface area contributed by atoms with Crippen LogP contribution in [0, 0.1) is 0 Å². The number of benzene rings is 2. The molecule has 1 heterocycles. The number of rotatable bonds is 5. The van der Waals surface area contributed by atoms with Gasteiger partial charge in [0.05, 0.1) is 18.7 Å². The molecule has 118 valence electrons. The van der Waals surface area contributed by atoms with Gasteiger partial charge in [-0.1, -0.05) is 23.7 Å². The summed E-state index contributed by atoms with van der Waals surface area (Å²) >= 11 is 6.20. The van der Waals surface area contributed by atoms with Crippen molar-refractivity contribution in [1.82, 2.24) is 0 Å². The Labute approximate surface area is 140 Å². The van der Waals surface area contributed by atoms with Gasteiger partial charge in [-0.2, -0.15) is 0 Å². The van der Waals surface area contributed by atoms with E-state index in [1.165, 1.54) is 0 Å². The molecule has 0 aliphatic carbocycles. The van der Waals surface area contributed by atoms with Gasteiger partial charge < -0.3 is 14.4 Å². The van der Waals surface area contributed by atoms with Crippen LogP contribution in [0.2, 0.25) is 5.02 Å². The van der Waals surface area contributed by atoms with Crippen molar-refractivity contribution in [2.75, 3.05) is 7.11 Å². The lowest BCUT2D eigenvalue weighted by molar-refractivity contribution is 0.0983. The van der Waals surface area contributed by atoms with Gasteiger partial charge in [-0.05, 0) is 47.3 Å². The van der Waals surface area contributed by atoms with Crippen LogP contribution in [0.1, 0.15) is 27.9 Å². The number of aryl methyl sites for hydroxylation is 1. The molecular weight excluding hydrogens is 314 g/mol. The van der Waals surface area contributed by atoms with Crippen LogP contribution in [-0.4, -0.2) is 25.0 Å². The van der Waals surface area contributed by atoms with Crippen molar-refractivity contribution in [1.29, 1.82) is 0 Å². The van der Waals surface area contributed by atoms with E-state index in [9.17, 15) is 9.82 Å². The first-order chi connectivity index (χ1) is 11.1. The third-order valence-electron chi connectivity index (χ3n) is 3.99. The first-order valence-electron chi connectivity index (χ1n) is 7.36. The first-order valence-corrected chi connectivity index (χ1v) is 7.74. The van der Waals surface area contributed by atoms with Crippen LogP contribution in [0.3, 0.4) is 0 Å². The molecular formula is C17H16BClO4. The zero-order valence-corrected chi connectivity index (χ0v) is 13.5. The van der Waals surface area contributed by atoms with E-state index in [4.69, 9.17) is 21.0 Å². The molecule has 1 aliphatic heterocycles. The summed E-state index contributed by atoms with van der Waals surface area (Å²) in [6.45, 7) is 0.316. The van der Waals surface area contributed by atoms with E-state index in [2.05, 4.69) is 0 Å². The van der Waals surface area contributed by atoms with Crippen molar-refractivity contribution in [3.8, 4) is 5.75 Å². The number of hydrogen-bond donors (Lipinski definition) is 1. The number of fused-ring (bicyclic) bond motifs is 1. The fraction of sp³-hybridized carbons (Fsp3) is 0.235. The minimum atomic E-state index is -0.976. The Morgan fingerprint density at radius 2 is 2.09 bits per heavy atom. The highest BCUT2D eigenvalue weighted by Gasteiger charge is 2.29. The maximum atomic E-state index is 12.4. The van der Waals surface area contributed by atoms with Crippen LogP contribution in [0.25, 0.3) is 0 Å². The second-order valence-corrected chi connectivity index (χ2v) is 5.87. The predicted octanol–water partition coefficient (Wildman–Crippen LogP) is 2.38. The second kappa shape index (κ2) is 6.75. The van der Waals surface area contributed by atoms with E-state index in [-0.39, 0.29) is 5.78 Å². The highest BCUT2D eigenvalue weighted by Crippen LogP contribution is 2.23. The number of carbonyl (C=O) groups is 1. The van der Waals surface area contributed by atoms with Crippen LogP contribution in [0.4, 0.5) is 0 Å². The third kappa shape index (κ3) is 3.42. The van der Waals surface area contributed by atoms with E-state index >= 15 is 0 Å². The summed E-state index contributed by atoms with van der Waals surface area (Å²) in [7, 11) is 0.641. The minimum Gasteiger partial charge on any atom is -0.497 e. The monoisotopic (exact) mass is 330 g/mol. The van der Waals surface area contributed by atoms with E-state index in [1.54, 1.807) is 19.2 Å². The van der Waals surface area contributed by atoms with Crippen molar-refractivity contribution < 1.29 is 19.2 Å². The average Bonchev–Trinajstić information content (AvgIpc) is 2.92. The lowest BCUT2D eigenvalue weighted by Gasteiger charge is -2.08. The molecule has 1 N–H and O–H groups in total. The molecule has 0 unspecified atom stereocenters. The Bertz CT molecular complexity index is 730. The average molecular weight is 331 g/mol. The Morgan fingerprint density at radius 3 is 2.78 bits per heavy atom. The molecule has 0 atom stereocenters. The summed E-state index contributed by atoms with van der Waals surface area (Å²) in [5, 5.41) is 10.2. The van der Waals surface area contributed by atoms with E-state index < -0.39 is 7.12 Å². The maximum absolute atomic E-state index is 12.4. The van der Waals surface area contributed by atoms with Crippen LogP contribution in [0.5, 0.6) is 5.75 Å². The van der Waals surface area contributed by atoms with E-state index in [0.29, 0.717) is 35.5 Å². The van der Waals surface area contributed by atoms with Crippen LogP contribution < -0.4 is 10.2 Å². The molecule has 0 amide bonds. The van der Waals surface area contributed by atoms with Crippen molar-refractivity contribution in [3.05, 3.63) is 58.1 Å². The fourth-order valence-electron chi connectivity index (χ4n) is 2.64. The summed E-state index contributed by atoms with van der Waals surface area (Å²) in [6, 6.07) is 11.0. The van der Waals surface area contributed by atoms with Gasteiger partial charge >= 0.3 is 7.12 Å². The number of methoxy groups -OCH3 is 1. The molecule has 0 aromatic heterocycles. The van der Waals surface area contributed by atoms with Gasteiger partial charge in [-0.3, -0.25) is 4.79 Å². The minimum absolute atomic E-state index is 0.0484. The number of ketones is 1. The number of Topliss-reactive ketones (excluding diaryl/α,β-unsaturated/α-hetero) is 1. The summed E-state index contributed by atoms with van der Waals surface area (Å²) in [6.07, 6.45) is 0.969. The van der Waals surface area contributed by atoms with Gasteiger partial charge in [0.25, 0.3) is 0 Å². The van der Waals surface area contributed by atoms with Crippen molar-refractivity contribution >= 4 is 30.0 Å². The molecule has 0 saturated carbocycles. The molecule has 0 fully saturated rings. The Hall–Kier alpha value is -1.82. The standard InChI is InChI=1S/C17H16BClO4/c1-22-13-5-2-11(3-6-13)4-7-17(20)14-9-15-12(8-16(14)19)10-23-18(15)21/h2-3,5-6,8-9,21H,4,7,10H2,1H3. The summed E-state index contributed by atoms with van der Waals surface area (Å²) in [4.78, 5) is 12.4. The first kappa shape index (κ1) is 16.1. The maximum Gasteiger partial charge on any atom is 0.491 e. The van der Waals surface area contributed by atoms with Crippen LogP contribution >= 0.6 is 11.6 Å². The van der Waals surface area contributed by atoms with Gasteiger partial charge in [0, 0.05) is 12.0 Å². The van der Waals surface area contributed by atoms with Gasteiger partial charge in [0.1, 0.15) is 5.75 Å². The smallest absolute Gasteiger partial charge is 0.491 e. The van der Waals surface area contributed by atoms with E-state index in [0.717, 1.165) is 16.9 Å². The Morgan fingerprint density at radius 1 is 1.35 bits per heavy atom. The Kier molecular flexibility index (Phi) is 4.71. The predicted molar refractivity (Wildman–Crippen MR) is 89.5 cm³/mol. The molecule has 0 radical (unpaired) electrons. The number of halogens is 1. The van der Waals surface area contributed by atoms with Gasteiger partial charge in [0.15, 0.2) is 5.78 Å². The SMILES string of the molecule is COc1ccc(CCC(=O)c2cc3c(cc2Cl)COB3O)cc1. The molecule has 23 heavy (non-hydrogen) atoms. The fourth-order valence-corrected chi connectivity index (χ4v) is 2.93. The molecule has 4 nitrogen and oxygen atoms in total. The molecule has 1 aliphatic rings. The molecule has 2 aromatic carbocycles. The summed E-state index contributed by atoms with van der Waals surface area (Å²) in [5.41, 5.74) is 2.94.